The maximum Gasteiger partial charge on any atom is 0.165 e. The molecular weight excluding hydrogens is 258 g/mol. The summed E-state index contributed by atoms with van der Waals surface area (Å²) in [6, 6.07) is 11.2. The molecule has 3 rings (SSSR count). The summed E-state index contributed by atoms with van der Waals surface area (Å²) in [6.07, 6.45) is 0. The Morgan fingerprint density at radius 1 is 1.26 bits per heavy atom. The van der Waals surface area contributed by atoms with E-state index in [4.69, 9.17) is 11.0 Å². The molecule has 0 spiro atoms. The van der Waals surface area contributed by atoms with Crippen LogP contribution in [0.1, 0.15) is 5.69 Å². The lowest BCUT2D eigenvalue weighted by Gasteiger charge is -2.06. The van der Waals surface area contributed by atoms with Crippen molar-refractivity contribution in [3.05, 3.63) is 41.5 Å². The number of hydrogen-bond donors (Lipinski definition) is 2. The molecule has 6 heteroatoms. The second-order valence-electron chi connectivity index (χ2n) is 3.91. The average Bonchev–Trinajstić information content (AvgIpc) is 2.88. The highest BCUT2D eigenvalue weighted by Gasteiger charge is 2.03. The minimum Gasteiger partial charge on any atom is -0.396 e. The van der Waals surface area contributed by atoms with Crippen LogP contribution in [0.5, 0.6) is 0 Å². The van der Waals surface area contributed by atoms with E-state index in [9.17, 15) is 0 Å². The Bertz CT molecular complexity index is 787. The number of fused-ring (bicyclic) bond motifs is 1. The van der Waals surface area contributed by atoms with Gasteiger partial charge in [-0.1, -0.05) is 0 Å². The van der Waals surface area contributed by atoms with E-state index in [-0.39, 0.29) is 5.69 Å². The fourth-order valence-electron chi connectivity index (χ4n) is 1.71. The molecule has 0 aliphatic heterocycles. The molecule has 1 aromatic carbocycles. The summed E-state index contributed by atoms with van der Waals surface area (Å²) >= 11 is 1.58. The Kier molecular flexibility index (Phi) is 2.74. The second kappa shape index (κ2) is 4.55. The van der Waals surface area contributed by atoms with Gasteiger partial charge < -0.3 is 11.1 Å². The Balaban J connectivity index is 1.94. The van der Waals surface area contributed by atoms with Gasteiger partial charge in [0.05, 0.1) is 21.4 Å². The highest BCUT2D eigenvalue weighted by Crippen LogP contribution is 2.24. The number of rotatable bonds is 2. The Labute approximate surface area is 113 Å². The third-order valence-corrected chi connectivity index (χ3v) is 3.43. The molecule has 0 fully saturated rings. The number of nitrogens with two attached hydrogens (primary N) is 1. The van der Waals surface area contributed by atoms with Gasteiger partial charge in [-0.3, -0.25) is 0 Å². The molecule has 0 aliphatic carbocycles. The van der Waals surface area contributed by atoms with Crippen LogP contribution >= 0.6 is 11.3 Å². The standard InChI is InChI=1S/C13H9N5S/c14-6-11-9(15)2-4-13(18-11)17-8-1-3-10-12(5-8)19-7-16-10/h1-5,7H,15H2,(H,17,18). The molecule has 2 aromatic heterocycles. The van der Waals surface area contributed by atoms with E-state index in [2.05, 4.69) is 15.3 Å². The van der Waals surface area contributed by atoms with E-state index in [0.29, 0.717) is 11.5 Å². The first kappa shape index (κ1) is 11.4. The SMILES string of the molecule is N#Cc1nc(Nc2ccc3ncsc3c2)ccc1N. The van der Waals surface area contributed by atoms with Crippen molar-refractivity contribution in [3.8, 4) is 6.07 Å². The third-order valence-electron chi connectivity index (χ3n) is 2.64. The average molecular weight is 267 g/mol. The van der Waals surface area contributed by atoms with Gasteiger partial charge in [-0.25, -0.2) is 9.97 Å². The lowest BCUT2D eigenvalue weighted by Crippen LogP contribution is -1.98. The Hall–Kier alpha value is -2.65. The molecule has 0 unspecified atom stereocenters. The first-order valence-corrected chi connectivity index (χ1v) is 6.41. The molecule has 5 nitrogen and oxygen atoms in total. The van der Waals surface area contributed by atoms with Crippen LogP contribution in [0.3, 0.4) is 0 Å². The van der Waals surface area contributed by atoms with Crippen molar-refractivity contribution in [1.29, 1.82) is 5.26 Å². The molecule has 0 aliphatic rings. The van der Waals surface area contributed by atoms with Crippen LogP contribution < -0.4 is 11.1 Å². The molecule has 3 aromatic rings. The number of nitrogens with one attached hydrogen (secondary N) is 1. The zero-order chi connectivity index (χ0) is 13.2. The molecule has 2 heterocycles. The Morgan fingerprint density at radius 3 is 3.00 bits per heavy atom. The van der Waals surface area contributed by atoms with Crippen molar-refractivity contribution >= 4 is 38.7 Å². The van der Waals surface area contributed by atoms with Crippen LogP contribution in [-0.2, 0) is 0 Å². The lowest BCUT2D eigenvalue weighted by atomic mass is 10.3. The van der Waals surface area contributed by atoms with Gasteiger partial charge in [0.15, 0.2) is 5.69 Å². The molecule has 0 amide bonds. The number of pyridine rings is 1. The second-order valence-corrected chi connectivity index (χ2v) is 4.79. The fraction of sp³-hybridized carbons (Fsp3) is 0. The van der Waals surface area contributed by atoms with Gasteiger partial charge in [-0.05, 0) is 30.3 Å². The summed E-state index contributed by atoms with van der Waals surface area (Å²) in [5.74, 6) is 0.592. The summed E-state index contributed by atoms with van der Waals surface area (Å²) in [7, 11) is 0. The van der Waals surface area contributed by atoms with Gasteiger partial charge >= 0.3 is 0 Å². The molecular formula is C13H9N5S. The maximum atomic E-state index is 8.90. The normalized spacial score (nSPS) is 10.3. The van der Waals surface area contributed by atoms with Crippen LogP contribution in [-0.4, -0.2) is 9.97 Å². The van der Waals surface area contributed by atoms with Crippen molar-refractivity contribution in [2.24, 2.45) is 0 Å². The van der Waals surface area contributed by atoms with E-state index < -0.39 is 0 Å². The quantitative estimate of drug-likeness (QED) is 0.745. The van der Waals surface area contributed by atoms with Gasteiger partial charge in [0.25, 0.3) is 0 Å². The molecule has 0 saturated heterocycles. The van der Waals surface area contributed by atoms with Crippen LogP contribution in [0.25, 0.3) is 10.2 Å². The monoisotopic (exact) mass is 267 g/mol. The molecule has 19 heavy (non-hydrogen) atoms. The van der Waals surface area contributed by atoms with Gasteiger partial charge in [-0.2, -0.15) is 5.26 Å². The van der Waals surface area contributed by atoms with E-state index in [1.807, 2.05) is 29.8 Å². The number of aromatic nitrogens is 2. The van der Waals surface area contributed by atoms with Gasteiger partial charge in [0, 0.05) is 5.69 Å². The van der Waals surface area contributed by atoms with Crippen molar-refractivity contribution in [2.75, 3.05) is 11.1 Å². The zero-order valence-corrected chi connectivity index (χ0v) is 10.6. The number of hydrogen-bond acceptors (Lipinski definition) is 6. The number of nitrogens with zero attached hydrogens (tertiary/aromatic N) is 3. The predicted molar refractivity (Wildman–Crippen MR) is 76.3 cm³/mol. The van der Waals surface area contributed by atoms with Crippen molar-refractivity contribution < 1.29 is 0 Å². The molecule has 3 N–H and O–H groups in total. The minimum absolute atomic E-state index is 0.226. The zero-order valence-electron chi connectivity index (χ0n) is 9.79. The topological polar surface area (TPSA) is 87.6 Å². The highest BCUT2D eigenvalue weighted by molar-refractivity contribution is 7.16. The Morgan fingerprint density at radius 2 is 2.16 bits per heavy atom. The molecule has 0 bridgehead atoms. The van der Waals surface area contributed by atoms with Crippen molar-refractivity contribution in [2.45, 2.75) is 0 Å². The number of nitriles is 1. The smallest absolute Gasteiger partial charge is 0.165 e. The molecule has 92 valence electrons. The third kappa shape index (κ3) is 2.19. The molecule has 0 saturated carbocycles. The lowest BCUT2D eigenvalue weighted by molar-refractivity contribution is 1.26. The van der Waals surface area contributed by atoms with Crippen molar-refractivity contribution in [1.82, 2.24) is 9.97 Å². The largest absolute Gasteiger partial charge is 0.396 e. The van der Waals surface area contributed by atoms with Gasteiger partial charge in [-0.15, -0.1) is 11.3 Å². The number of thiazole rings is 1. The summed E-state index contributed by atoms with van der Waals surface area (Å²) in [5.41, 5.74) is 9.92. The van der Waals surface area contributed by atoms with Crippen LogP contribution in [0.2, 0.25) is 0 Å². The highest BCUT2D eigenvalue weighted by atomic mass is 32.1. The van der Waals surface area contributed by atoms with E-state index >= 15 is 0 Å². The summed E-state index contributed by atoms with van der Waals surface area (Å²) in [4.78, 5) is 8.37. The predicted octanol–water partition coefficient (Wildman–Crippen LogP) is 2.89. The maximum absolute atomic E-state index is 8.90. The fourth-order valence-corrected chi connectivity index (χ4v) is 2.43. The van der Waals surface area contributed by atoms with Gasteiger partial charge in [0.2, 0.25) is 0 Å². The number of anilines is 3. The summed E-state index contributed by atoms with van der Waals surface area (Å²) < 4.78 is 1.10. The van der Waals surface area contributed by atoms with Crippen LogP contribution in [0, 0.1) is 11.3 Å². The molecule has 0 atom stereocenters. The van der Waals surface area contributed by atoms with E-state index in [1.54, 1.807) is 23.5 Å². The summed E-state index contributed by atoms with van der Waals surface area (Å²) in [6.45, 7) is 0. The summed E-state index contributed by atoms with van der Waals surface area (Å²) in [5, 5.41) is 12.0. The van der Waals surface area contributed by atoms with Crippen LogP contribution in [0.15, 0.2) is 35.8 Å². The van der Waals surface area contributed by atoms with E-state index in [1.165, 1.54) is 0 Å². The minimum atomic E-state index is 0.226. The first-order valence-electron chi connectivity index (χ1n) is 5.53. The van der Waals surface area contributed by atoms with Crippen LogP contribution in [0.4, 0.5) is 17.2 Å². The van der Waals surface area contributed by atoms with Crippen molar-refractivity contribution in [3.63, 3.8) is 0 Å². The van der Waals surface area contributed by atoms with Gasteiger partial charge in [0.1, 0.15) is 11.9 Å². The van der Waals surface area contributed by atoms with E-state index in [0.717, 1.165) is 15.9 Å². The first-order chi connectivity index (χ1) is 9.26. The molecule has 0 radical (unpaired) electrons. The number of nitrogen functional groups attached to an aromatic ring is 1. The number of benzene rings is 1.